The first-order valence-corrected chi connectivity index (χ1v) is 5.83. The zero-order valence-corrected chi connectivity index (χ0v) is 11.1. The van der Waals surface area contributed by atoms with Crippen LogP contribution in [0.25, 0.3) is 0 Å². The summed E-state index contributed by atoms with van der Waals surface area (Å²) in [5, 5.41) is 20.4. The molecule has 0 aromatic heterocycles. The second kappa shape index (κ2) is 7.03. The molecule has 3 N–H and O–H groups in total. The average molecular weight is 269 g/mol. The van der Waals surface area contributed by atoms with Crippen LogP contribution >= 0.6 is 0 Å². The largest absolute Gasteiger partial charge is 0.393 e. The number of hydrogen-bond donors (Lipinski definition) is 2. The first kappa shape index (κ1) is 15.4. The summed E-state index contributed by atoms with van der Waals surface area (Å²) in [7, 11) is 3.32. The third-order valence-electron chi connectivity index (χ3n) is 2.69. The van der Waals surface area contributed by atoms with E-state index in [2.05, 4.69) is 0 Å². The molecular weight excluding hydrogens is 250 g/mol. The van der Waals surface area contributed by atoms with Crippen LogP contribution in [0.3, 0.4) is 0 Å². The summed E-state index contributed by atoms with van der Waals surface area (Å²) in [6.07, 6.45) is -0.602. The summed E-state index contributed by atoms with van der Waals surface area (Å²) in [5.41, 5.74) is 6.51. The fraction of sp³-hybridized carbons (Fsp3) is 0.500. The van der Waals surface area contributed by atoms with Crippen LogP contribution in [-0.4, -0.2) is 48.3 Å². The second-order valence-corrected chi connectivity index (χ2v) is 4.41. The highest BCUT2D eigenvalue weighted by atomic mass is 16.6. The SMILES string of the molecule is COCC(O)CN(C)Cc1cccc([N+](=O)[O-])c1N. The van der Waals surface area contributed by atoms with E-state index in [0.29, 0.717) is 18.7 Å². The number of aliphatic hydroxyl groups is 1. The van der Waals surface area contributed by atoms with Crippen molar-refractivity contribution in [1.82, 2.24) is 4.90 Å². The molecule has 0 aliphatic heterocycles. The third-order valence-corrected chi connectivity index (χ3v) is 2.69. The lowest BCUT2D eigenvalue weighted by molar-refractivity contribution is -0.384. The molecule has 1 unspecified atom stereocenters. The van der Waals surface area contributed by atoms with E-state index in [-0.39, 0.29) is 18.0 Å². The molecule has 0 heterocycles. The summed E-state index contributed by atoms with van der Waals surface area (Å²) >= 11 is 0. The minimum atomic E-state index is -0.602. The van der Waals surface area contributed by atoms with Gasteiger partial charge in [-0.15, -0.1) is 0 Å². The van der Waals surface area contributed by atoms with Gasteiger partial charge in [-0.25, -0.2) is 0 Å². The van der Waals surface area contributed by atoms with Gasteiger partial charge in [0.15, 0.2) is 0 Å². The Morgan fingerprint density at radius 2 is 2.26 bits per heavy atom. The Kier molecular flexibility index (Phi) is 5.68. The average Bonchev–Trinajstić information content (AvgIpc) is 2.31. The summed E-state index contributed by atoms with van der Waals surface area (Å²) in [4.78, 5) is 12.1. The highest BCUT2D eigenvalue weighted by Gasteiger charge is 2.16. The zero-order valence-electron chi connectivity index (χ0n) is 11.1. The van der Waals surface area contributed by atoms with Crippen molar-refractivity contribution in [2.45, 2.75) is 12.6 Å². The molecule has 19 heavy (non-hydrogen) atoms. The van der Waals surface area contributed by atoms with E-state index < -0.39 is 11.0 Å². The minimum Gasteiger partial charge on any atom is -0.393 e. The number of nitrogens with two attached hydrogens (primary N) is 1. The fourth-order valence-corrected chi connectivity index (χ4v) is 1.86. The molecule has 106 valence electrons. The van der Waals surface area contributed by atoms with Crippen molar-refractivity contribution in [3.63, 3.8) is 0 Å². The molecule has 0 radical (unpaired) electrons. The number of nitro benzene ring substituents is 1. The summed E-state index contributed by atoms with van der Waals surface area (Å²) in [6, 6.07) is 4.71. The van der Waals surface area contributed by atoms with Crippen molar-refractivity contribution in [2.24, 2.45) is 0 Å². The zero-order chi connectivity index (χ0) is 14.4. The van der Waals surface area contributed by atoms with E-state index in [4.69, 9.17) is 10.5 Å². The smallest absolute Gasteiger partial charge is 0.292 e. The fourth-order valence-electron chi connectivity index (χ4n) is 1.86. The van der Waals surface area contributed by atoms with Gasteiger partial charge in [-0.3, -0.25) is 15.0 Å². The van der Waals surface area contributed by atoms with Crippen LogP contribution in [0, 0.1) is 10.1 Å². The van der Waals surface area contributed by atoms with Crippen LogP contribution in [-0.2, 0) is 11.3 Å². The van der Waals surface area contributed by atoms with Gasteiger partial charge >= 0.3 is 0 Å². The molecule has 7 nitrogen and oxygen atoms in total. The van der Waals surface area contributed by atoms with Crippen LogP contribution in [0.15, 0.2) is 18.2 Å². The summed E-state index contributed by atoms with van der Waals surface area (Å²) < 4.78 is 4.84. The maximum atomic E-state index is 10.8. The van der Waals surface area contributed by atoms with Gasteiger partial charge in [-0.1, -0.05) is 12.1 Å². The van der Waals surface area contributed by atoms with Gasteiger partial charge in [0.1, 0.15) is 5.69 Å². The third kappa shape index (κ3) is 4.47. The number of ether oxygens (including phenoxy) is 1. The van der Waals surface area contributed by atoms with Gasteiger partial charge in [0.05, 0.1) is 17.6 Å². The van der Waals surface area contributed by atoms with E-state index in [0.717, 1.165) is 0 Å². The highest BCUT2D eigenvalue weighted by molar-refractivity contribution is 5.62. The van der Waals surface area contributed by atoms with Crippen LogP contribution in [0.1, 0.15) is 5.56 Å². The van der Waals surface area contributed by atoms with Crippen molar-refractivity contribution in [2.75, 3.05) is 33.0 Å². The molecule has 1 rings (SSSR count). The summed E-state index contributed by atoms with van der Waals surface area (Å²) in [6.45, 7) is 1.07. The van der Waals surface area contributed by atoms with Gasteiger partial charge in [0.25, 0.3) is 5.69 Å². The van der Waals surface area contributed by atoms with Crippen LogP contribution in [0.2, 0.25) is 0 Å². The standard InChI is InChI=1S/C12H19N3O4/c1-14(7-10(16)8-19-2)6-9-4-3-5-11(12(9)13)15(17)18/h3-5,10,16H,6-8,13H2,1-2H3. The topological polar surface area (TPSA) is 102 Å². The number of nitro groups is 1. The number of para-hydroxylation sites is 1. The molecular formula is C12H19N3O4. The maximum Gasteiger partial charge on any atom is 0.292 e. The molecule has 1 aromatic rings. The van der Waals surface area contributed by atoms with E-state index in [1.54, 1.807) is 19.2 Å². The molecule has 0 saturated heterocycles. The predicted octanol–water partition coefficient (Wildman–Crippen LogP) is 0.616. The van der Waals surface area contributed by atoms with Crippen LogP contribution in [0.4, 0.5) is 11.4 Å². The van der Waals surface area contributed by atoms with Crippen molar-refractivity contribution >= 4 is 11.4 Å². The Balaban J connectivity index is 2.71. The molecule has 0 bridgehead atoms. The molecule has 1 aromatic carbocycles. The number of rotatable bonds is 7. The molecule has 0 saturated carbocycles. The van der Waals surface area contributed by atoms with E-state index in [1.807, 2.05) is 4.90 Å². The predicted molar refractivity (Wildman–Crippen MR) is 71.7 cm³/mol. The minimum absolute atomic E-state index is 0.0941. The number of likely N-dealkylation sites (N-methyl/N-ethyl adjacent to an activating group) is 1. The number of anilines is 1. The van der Waals surface area contributed by atoms with Gasteiger partial charge in [0.2, 0.25) is 0 Å². The number of methoxy groups -OCH3 is 1. The van der Waals surface area contributed by atoms with Crippen LogP contribution < -0.4 is 5.73 Å². The lowest BCUT2D eigenvalue weighted by Crippen LogP contribution is -2.31. The maximum absolute atomic E-state index is 10.8. The second-order valence-electron chi connectivity index (χ2n) is 4.41. The first-order chi connectivity index (χ1) is 8.95. The van der Waals surface area contributed by atoms with Crippen molar-refractivity contribution in [1.29, 1.82) is 0 Å². The Hall–Kier alpha value is -1.70. The number of benzene rings is 1. The van der Waals surface area contributed by atoms with Crippen molar-refractivity contribution < 1.29 is 14.8 Å². The molecule has 1 atom stereocenters. The lowest BCUT2D eigenvalue weighted by Gasteiger charge is -2.20. The normalized spacial score (nSPS) is 12.6. The van der Waals surface area contributed by atoms with Crippen molar-refractivity contribution in [3.8, 4) is 0 Å². The van der Waals surface area contributed by atoms with Gasteiger partial charge in [-0.2, -0.15) is 0 Å². The highest BCUT2D eigenvalue weighted by Crippen LogP contribution is 2.25. The monoisotopic (exact) mass is 269 g/mol. The Morgan fingerprint density at radius 1 is 1.58 bits per heavy atom. The van der Waals surface area contributed by atoms with Crippen LogP contribution in [0.5, 0.6) is 0 Å². The number of nitrogens with zero attached hydrogens (tertiary/aromatic N) is 2. The van der Waals surface area contributed by atoms with E-state index >= 15 is 0 Å². The number of hydrogen-bond acceptors (Lipinski definition) is 6. The first-order valence-electron chi connectivity index (χ1n) is 5.83. The Bertz CT molecular complexity index is 439. The van der Waals surface area contributed by atoms with Crippen molar-refractivity contribution in [3.05, 3.63) is 33.9 Å². The Morgan fingerprint density at radius 3 is 2.84 bits per heavy atom. The Labute approximate surface area is 111 Å². The lowest BCUT2D eigenvalue weighted by atomic mass is 10.1. The van der Waals surface area contributed by atoms with E-state index in [9.17, 15) is 15.2 Å². The molecule has 0 spiro atoms. The molecule has 0 aliphatic carbocycles. The number of aliphatic hydroxyl groups excluding tert-OH is 1. The number of nitrogen functional groups attached to an aromatic ring is 1. The quantitative estimate of drug-likeness (QED) is 0.427. The van der Waals surface area contributed by atoms with Gasteiger partial charge < -0.3 is 15.6 Å². The summed E-state index contributed by atoms with van der Waals surface area (Å²) in [5.74, 6) is 0. The van der Waals surface area contributed by atoms with E-state index in [1.165, 1.54) is 13.2 Å². The molecule has 0 aliphatic rings. The van der Waals surface area contributed by atoms with Gasteiger partial charge in [-0.05, 0) is 12.6 Å². The van der Waals surface area contributed by atoms with Gasteiger partial charge in [0, 0.05) is 26.3 Å². The molecule has 0 fully saturated rings. The molecule has 7 heteroatoms. The molecule has 0 amide bonds.